The van der Waals surface area contributed by atoms with E-state index < -0.39 is 0 Å². The Balaban J connectivity index is 1.97. The molecule has 0 spiro atoms. The second-order valence-electron chi connectivity index (χ2n) is 6.39. The van der Waals surface area contributed by atoms with Crippen molar-refractivity contribution in [2.24, 2.45) is 5.41 Å². The Morgan fingerprint density at radius 1 is 1.33 bits per heavy atom. The number of amides is 1. The third-order valence-electron chi connectivity index (χ3n) is 4.88. The van der Waals surface area contributed by atoms with Crippen LogP contribution in [0, 0.1) is 12.3 Å². The lowest BCUT2D eigenvalue weighted by atomic mass is 9.75. The van der Waals surface area contributed by atoms with Crippen LogP contribution in [0.4, 0.5) is 0 Å². The predicted octanol–water partition coefficient (Wildman–Crippen LogP) is 2.82. The molecule has 0 bridgehead atoms. The van der Waals surface area contributed by atoms with Crippen molar-refractivity contribution in [3.8, 4) is 0 Å². The number of benzene rings is 1. The van der Waals surface area contributed by atoms with Crippen LogP contribution < -0.4 is 10.6 Å². The standard InChI is InChI=1S/C18H28N2O/c1-4-18(9-11-19-12-10-18)17(21)20-15(3)13-16-8-6-5-7-14(16)2/h5-8,15,19H,4,9-13H2,1-3H3,(H,20,21). The summed E-state index contributed by atoms with van der Waals surface area (Å²) in [4.78, 5) is 12.7. The summed E-state index contributed by atoms with van der Waals surface area (Å²) in [6.45, 7) is 8.27. The molecule has 0 radical (unpaired) electrons. The zero-order chi connectivity index (χ0) is 15.3. The third-order valence-corrected chi connectivity index (χ3v) is 4.88. The first-order valence-electron chi connectivity index (χ1n) is 8.13. The van der Waals surface area contributed by atoms with Crippen LogP contribution >= 0.6 is 0 Å². The summed E-state index contributed by atoms with van der Waals surface area (Å²) in [6.07, 6.45) is 3.73. The maximum atomic E-state index is 12.7. The Morgan fingerprint density at radius 2 is 2.00 bits per heavy atom. The first-order chi connectivity index (χ1) is 10.1. The number of rotatable bonds is 5. The molecule has 1 heterocycles. The highest BCUT2D eigenvalue weighted by molar-refractivity contribution is 5.83. The normalized spacial score (nSPS) is 19.0. The number of hydrogen-bond acceptors (Lipinski definition) is 2. The van der Waals surface area contributed by atoms with E-state index in [1.54, 1.807) is 0 Å². The molecule has 0 aliphatic carbocycles. The van der Waals surface area contributed by atoms with Crippen LogP contribution in [0.25, 0.3) is 0 Å². The van der Waals surface area contributed by atoms with E-state index in [9.17, 15) is 4.79 Å². The van der Waals surface area contributed by atoms with E-state index in [0.717, 1.165) is 38.8 Å². The van der Waals surface area contributed by atoms with Gasteiger partial charge in [-0.1, -0.05) is 31.2 Å². The van der Waals surface area contributed by atoms with Crippen molar-refractivity contribution in [1.29, 1.82) is 0 Å². The molecule has 2 rings (SSSR count). The van der Waals surface area contributed by atoms with E-state index in [0.29, 0.717) is 0 Å². The smallest absolute Gasteiger partial charge is 0.226 e. The SMILES string of the molecule is CCC1(C(=O)NC(C)Cc2ccccc2C)CCNCC1. The van der Waals surface area contributed by atoms with Gasteiger partial charge in [0.15, 0.2) is 0 Å². The van der Waals surface area contributed by atoms with Gasteiger partial charge in [0, 0.05) is 6.04 Å². The van der Waals surface area contributed by atoms with Crippen molar-refractivity contribution in [2.45, 2.75) is 52.5 Å². The fourth-order valence-electron chi connectivity index (χ4n) is 3.24. The highest BCUT2D eigenvalue weighted by atomic mass is 16.2. The first kappa shape index (κ1) is 16.0. The van der Waals surface area contributed by atoms with Crippen molar-refractivity contribution in [1.82, 2.24) is 10.6 Å². The largest absolute Gasteiger partial charge is 0.353 e. The third kappa shape index (κ3) is 3.85. The van der Waals surface area contributed by atoms with Gasteiger partial charge in [-0.3, -0.25) is 4.79 Å². The number of carbonyl (C=O) groups excluding carboxylic acids is 1. The van der Waals surface area contributed by atoms with Crippen LogP contribution in [-0.4, -0.2) is 25.0 Å². The van der Waals surface area contributed by atoms with Gasteiger partial charge in [-0.05, 0) is 63.7 Å². The molecule has 1 aromatic carbocycles. The van der Waals surface area contributed by atoms with Gasteiger partial charge in [-0.2, -0.15) is 0 Å². The molecule has 116 valence electrons. The summed E-state index contributed by atoms with van der Waals surface area (Å²) in [5.41, 5.74) is 2.46. The molecular formula is C18H28N2O. The molecule has 1 amide bonds. The van der Waals surface area contributed by atoms with E-state index in [1.165, 1.54) is 11.1 Å². The lowest BCUT2D eigenvalue weighted by Crippen LogP contribution is -2.49. The molecule has 1 atom stereocenters. The van der Waals surface area contributed by atoms with Crippen molar-refractivity contribution in [3.05, 3.63) is 35.4 Å². The molecule has 3 nitrogen and oxygen atoms in total. The van der Waals surface area contributed by atoms with Gasteiger partial charge in [-0.25, -0.2) is 0 Å². The minimum atomic E-state index is -0.161. The van der Waals surface area contributed by atoms with Crippen LogP contribution in [0.3, 0.4) is 0 Å². The van der Waals surface area contributed by atoms with Crippen LogP contribution in [0.1, 0.15) is 44.2 Å². The highest BCUT2D eigenvalue weighted by Crippen LogP contribution is 2.32. The molecule has 1 saturated heterocycles. The molecule has 1 unspecified atom stereocenters. The van der Waals surface area contributed by atoms with E-state index >= 15 is 0 Å². The second kappa shape index (κ2) is 7.08. The van der Waals surface area contributed by atoms with Crippen LogP contribution in [0.2, 0.25) is 0 Å². The average molecular weight is 288 g/mol. The topological polar surface area (TPSA) is 41.1 Å². The molecule has 1 aromatic rings. The fraction of sp³-hybridized carbons (Fsp3) is 0.611. The first-order valence-corrected chi connectivity index (χ1v) is 8.13. The second-order valence-corrected chi connectivity index (χ2v) is 6.39. The van der Waals surface area contributed by atoms with Crippen LogP contribution in [0.15, 0.2) is 24.3 Å². The highest BCUT2D eigenvalue weighted by Gasteiger charge is 2.38. The Morgan fingerprint density at radius 3 is 2.62 bits per heavy atom. The molecule has 1 aliphatic rings. The van der Waals surface area contributed by atoms with Crippen molar-refractivity contribution >= 4 is 5.91 Å². The molecule has 1 fully saturated rings. The van der Waals surface area contributed by atoms with Gasteiger partial charge in [0.05, 0.1) is 5.41 Å². The molecular weight excluding hydrogens is 260 g/mol. The fourth-order valence-corrected chi connectivity index (χ4v) is 3.24. The number of nitrogens with one attached hydrogen (secondary N) is 2. The van der Waals surface area contributed by atoms with Crippen molar-refractivity contribution in [3.63, 3.8) is 0 Å². The lowest BCUT2D eigenvalue weighted by molar-refractivity contribution is -0.133. The zero-order valence-electron chi connectivity index (χ0n) is 13.5. The molecule has 2 N–H and O–H groups in total. The van der Waals surface area contributed by atoms with E-state index in [1.807, 2.05) is 0 Å². The zero-order valence-corrected chi connectivity index (χ0v) is 13.5. The van der Waals surface area contributed by atoms with Gasteiger partial charge in [-0.15, -0.1) is 0 Å². The van der Waals surface area contributed by atoms with Crippen molar-refractivity contribution < 1.29 is 4.79 Å². The molecule has 1 aliphatic heterocycles. The summed E-state index contributed by atoms with van der Waals surface area (Å²) in [7, 11) is 0. The Labute approximate surface area is 128 Å². The number of piperidine rings is 1. The molecule has 3 heteroatoms. The van der Waals surface area contributed by atoms with Crippen LogP contribution in [-0.2, 0) is 11.2 Å². The van der Waals surface area contributed by atoms with E-state index in [2.05, 4.69) is 55.7 Å². The van der Waals surface area contributed by atoms with Gasteiger partial charge in [0.25, 0.3) is 0 Å². The van der Waals surface area contributed by atoms with Gasteiger partial charge >= 0.3 is 0 Å². The maximum absolute atomic E-state index is 12.7. The minimum Gasteiger partial charge on any atom is -0.353 e. The Bertz CT molecular complexity index is 478. The van der Waals surface area contributed by atoms with Gasteiger partial charge < -0.3 is 10.6 Å². The maximum Gasteiger partial charge on any atom is 0.226 e. The van der Waals surface area contributed by atoms with E-state index in [4.69, 9.17) is 0 Å². The molecule has 0 aromatic heterocycles. The lowest BCUT2D eigenvalue weighted by Gasteiger charge is -2.36. The average Bonchev–Trinajstić information content (AvgIpc) is 2.50. The number of hydrogen-bond donors (Lipinski definition) is 2. The van der Waals surface area contributed by atoms with Gasteiger partial charge in [0.2, 0.25) is 5.91 Å². The van der Waals surface area contributed by atoms with Gasteiger partial charge in [0.1, 0.15) is 0 Å². The van der Waals surface area contributed by atoms with Crippen molar-refractivity contribution in [2.75, 3.05) is 13.1 Å². The monoisotopic (exact) mass is 288 g/mol. The molecule has 21 heavy (non-hydrogen) atoms. The number of aryl methyl sites for hydroxylation is 1. The number of carbonyl (C=O) groups is 1. The Kier molecular flexibility index (Phi) is 5.40. The minimum absolute atomic E-state index is 0.161. The summed E-state index contributed by atoms with van der Waals surface area (Å²) in [5, 5.41) is 6.60. The summed E-state index contributed by atoms with van der Waals surface area (Å²) >= 11 is 0. The van der Waals surface area contributed by atoms with Crippen LogP contribution in [0.5, 0.6) is 0 Å². The summed E-state index contributed by atoms with van der Waals surface area (Å²) in [5.74, 6) is 0.243. The van der Waals surface area contributed by atoms with E-state index in [-0.39, 0.29) is 17.4 Å². The molecule has 0 saturated carbocycles. The quantitative estimate of drug-likeness (QED) is 0.875. The Hall–Kier alpha value is -1.35. The predicted molar refractivity (Wildman–Crippen MR) is 87.3 cm³/mol. The summed E-state index contributed by atoms with van der Waals surface area (Å²) < 4.78 is 0. The summed E-state index contributed by atoms with van der Waals surface area (Å²) in [6, 6.07) is 8.58.